The fourth-order valence-electron chi connectivity index (χ4n) is 3.04. The second-order valence-corrected chi connectivity index (χ2v) is 5.63. The van der Waals surface area contributed by atoms with E-state index in [0.29, 0.717) is 13.1 Å². The Labute approximate surface area is 132 Å². The molecule has 1 aromatic rings. The van der Waals surface area contributed by atoms with Crippen LogP contribution in [0.1, 0.15) is 17.5 Å². The van der Waals surface area contributed by atoms with E-state index in [1.165, 1.54) is 5.56 Å². The maximum Gasteiger partial charge on any atom is 0.237 e. The number of amides is 1. The third kappa shape index (κ3) is 3.29. The molecule has 0 bridgehead atoms. The number of carbonyl (C=O) groups excluding carboxylic acids is 1. The summed E-state index contributed by atoms with van der Waals surface area (Å²) in [4.78, 5) is 14.0. The second-order valence-electron chi connectivity index (χ2n) is 5.63. The van der Waals surface area contributed by atoms with Gasteiger partial charge in [-0.2, -0.15) is 0 Å². The number of aliphatic hydroxyl groups excluding tert-OH is 1. The lowest BCUT2D eigenvalue weighted by atomic mass is 9.92. The number of nitrogens with one attached hydrogen (secondary N) is 1. The molecular formula is C18H24N2O2. The van der Waals surface area contributed by atoms with Crippen LogP contribution in [-0.2, 0) is 16.8 Å². The van der Waals surface area contributed by atoms with E-state index in [2.05, 4.69) is 24.5 Å². The van der Waals surface area contributed by atoms with Gasteiger partial charge in [-0.05, 0) is 24.0 Å². The molecule has 2 N–H and O–H groups in total. The molecule has 2 rings (SSSR count). The van der Waals surface area contributed by atoms with E-state index >= 15 is 0 Å². The van der Waals surface area contributed by atoms with E-state index in [0.717, 1.165) is 18.4 Å². The first-order chi connectivity index (χ1) is 10.7. The lowest BCUT2D eigenvalue weighted by Crippen LogP contribution is -2.49. The number of fused-ring (bicyclic) bond motifs is 1. The molecule has 0 aliphatic heterocycles. The summed E-state index contributed by atoms with van der Waals surface area (Å²) in [5, 5.41) is 13.2. The normalized spacial score (nSPS) is 19.5. The number of aliphatic hydroxyl groups is 1. The van der Waals surface area contributed by atoms with Crippen molar-refractivity contribution in [2.75, 3.05) is 26.2 Å². The summed E-state index contributed by atoms with van der Waals surface area (Å²) in [7, 11) is 0. The molecule has 1 aliphatic carbocycles. The van der Waals surface area contributed by atoms with Crippen molar-refractivity contribution < 1.29 is 9.90 Å². The summed E-state index contributed by atoms with van der Waals surface area (Å²) < 4.78 is 0. The molecule has 22 heavy (non-hydrogen) atoms. The first kappa shape index (κ1) is 16.5. The van der Waals surface area contributed by atoms with Crippen LogP contribution < -0.4 is 5.32 Å². The zero-order chi connectivity index (χ0) is 16.0. The minimum Gasteiger partial charge on any atom is -0.394 e. The van der Waals surface area contributed by atoms with Crippen molar-refractivity contribution in [2.45, 2.75) is 18.4 Å². The van der Waals surface area contributed by atoms with Gasteiger partial charge < -0.3 is 10.0 Å². The average Bonchev–Trinajstić information content (AvgIpc) is 2.92. The SMILES string of the molecule is C=CCN(CC=C)C(=O)CN[C@@]1(CO)CCc2ccccc21. The molecule has 1 atom stereocenters. The first-order valence-electron chi connectivity index (χ1n) is 7.60. The molecule has 0 heterocycles. The molecule has 0 saturated heterocycles. The molecule has 1 aliphatic rings. The largest absolute Gasteiger partial charge is 0.394 e. The molecule has 4 nitrogen and oxygen atoms in total. The van der Waals surface area contributed by atoms with Crippen molar-refractivity contribution >= 4 is 5.91 Å². The lowest BCUT2D eigenvalue weighted by molar-refractivity contribution is -0.129. The third-order valence-corrected chi connectivity index (χ3v) is 4.25. The molecule has 4 heteroatoms. The molecule has 0 aromatic heterocycles. The van der Waals surface area contributed by atoms with E-state index in [9.17, 15) is 9.90 Å². The number of hydrogen-bond donors (Lipinski definition) is 2. The van der Waals surface area contributed by atoms with Gasteiger partial charge in [0.2, 0.25) is 5.91 Å². The highest BCUT2D eigenvalue weighted by molar-refractivity contribution is 5.78. The molecule has 1 amide bonds. The number of hydrogen-bond acceptors (Lipinski definition) is 3. The van der Waals surface area contributed by atoms with Crippen molar-refractivity contribution in [1.82, 2.24) is 10.2 Å². The van der Waals surface area contributed by atoms with Crippen LogP contribution in [-0.4, -0.2) is 42.2 Å². The van der Waals surface area contributed by atoms with Crippen molar-refractivity contribution in [3.8, 4) is 0 Å². The van der Waals surface area contributed by atoms with Crippen molar-refractivity contribution in [3.63, 3.8) is 0 Å². The van der Waals surface area contributed by atoms with Crippen LogP contribution in [0, 0.1) is 0 Å². The molecule has 0 fully saturated rings. The van der Waals surface area contributed by atoms with Gasteiger partial charge in [0.15, 0.2) is 0 Å². The van der Waals surface area contributed by atoms with Crippen LogP contribution in [0.25, 0.3) is 0 Å². The van der Waals surface area contributed by atoms with Crippen LogP contribution in [0.2, 0.25) is 0 Å². The Kier molecular flexibility index (Phi) is 5.52. The molecule has 0 spiro atoms. The Bertz CT molecular complexity index is 546. The maximum absolute atomic E-state index is 12.3. The summed E-state index contributed by atoms with van der Waals surface area (Å²) in [5.74, 6) is -0.0167. The van der Waals surface area contributed by atoms with Gasteiger partial charge in [0.25, 0.3) is 0 Å². The van der Waals surface area contributed by atoms with Gasteiger partial charge in [-0.15, -0.1) is 13.2 Å². The van der Waals surface area contributed by atoms with Gasteiger partial charge >= 0.3 is 0 Å². The van der Waals surface area contributed by atoms with Gasteiger partial charge in [-0.25, -0.2) is 0 Å². The van der Waals surface area contributed by atoms with Gasteiger partial charge in [0.1, 0.15) is 0 Å². The van der Waals surface area contributed by atoms with Crippen LogP contribution in [0.4, 0.5) is 0 Å². The quantitative estimate of drug-likeness (QED) is 0.717. The summed E-state index contributed by atoms with van der Waals surface area (Å²) in [6, 6.07) is 8.09. The van der Waals surface area contributed by atoms with Crippen LogP contribution in [0.15, 0.2) is 49.6 Å². The second kappa shape index (κ2) is 7.38. The third-order valence-electron chi connectivity index (χ3n) is 4.25. The Morgan fingerprint density at radius 1 is 1.32 bits per heavy atom. The summed E-state index contributed by atoms with van der Waals surface area (Å²) >= 11 is 0. The molecule has 0 radical (unpaired) electrons. The number of aryl methyl sites for hydroxylation is 1. The Balaban J connectivity index is 2.07. The number of nitrogens with zero attached hydrogens (tertiary/aromatic N) is 1. The molecule has 118 valence electrons. The molecular weight excluding hydrogens is 276 g/mol. The Hall–Kier alpha value is -1.91. The highest BCUT2D eigenvalue weighted by Gasteiger charge is 2.38. The monoisotopic (exact) mass is 300 g/mol. The topological polar surface area (TPSA) is 52.6 Å². The smallest absolute Gasteiger partial charge is 0.237 e. The van der Waals surface area contributed by atoms with Crippen LogP contribution >= 0.6 is 0 Å². The van der Waals surface area contributed by atoms with Gasteiger partial charge in [-0.3, -0.25) is 10.1 Å². The first-order valence-corrected chi connectivity index (χ1v) is 7.60. The molecule has 1 aromatic carbocycles. The summed E-state index contributed by atoms with van der Waals surface area (Å²) in [6.45, 7) is 8.52. The van der Waals surface area contributed by atoms with E-state index in [4.69, 9.17) is 0 Å². The lowest BCUT2D eigenvalue weighted by Gasteiger charge is -2.31. The molecule has 0 saturated carbocycles. The van der Waals surface area contributed by atoms with Crippen molar-refractivity contribution in [2.24, 2.45) is 0 Å². The van der Waals surface area contributed by atoms with Crippen LogP contribution in [0.3, 0.4) is 0 Å². The van der Waals surface area contributed by atoms with Gasteiger partial charge in [0.05, 0.1) is 18.7 Å². The molecule has 0 unspecified atom stereocenters. The number of rotatable bonds is 8. The Morgan fingerprint density at radius 3 is 2.64 bits per heavy atom. The van der Waals surface area contributed by atoms with Gasteiger partial charge in [-0.1, -0.05) is 36.4 Å². The summed E-state index contributed by atoms with van der Waals surface area (Å²) in [5.41, 5.74) is 1.83. The number of benzene rings is 1. The number of carbonyl (C=O) groups is 1. The minimum absolute atomic E-state index is 0.0137. The highest BCUT2D eigenvalue weighted by atomic mass is 16.3. The predicted molar refractivity (Wildman–Crippen MR) is 88.5 cm³/mol. The highest BCUT2D eigenvalue weighted by Crippen LogP contribution is 2.36. The van der Waals surface area contributed by atoms with E-state index in [1.54, 1.807) is 17.1 Å². The van der Waals surface area contributed by atoms with Crippen molar-refractivity contribution in [1.29, 1.82) is 0 Å². The fourth-order valence-corrected chi connectivity index (χ4v) is 3.04. The zero-order valence-corrected chi connectivity index (χ0v) is 12.9. The predicted octanol–water partition coefficient (Wildman–Crippen LogP) is 1.61. The Morgan fingerprint density at radius 2 is 2.00 bits per heavy atom. The fraction of sp³-hybridized carbons (Fsp3) is 0.389. The minimum atomic E-state index is -0.514. The maximum atomic E-state index is 12.3. The van der Waals surface area contributed by atoms with Gasteiger partial charge in [0, 0.05) is 13.1 Å². The standard InChI is InChI=1S/C18H24N2O2/c1-3-11-20(12-4-2)17(22)13-19-18(14-21)10-9-15-7-5-6-8-16(15)18/h3-8,19,21H,1-2,9-14H2/t18-/m1/s1. The van der Waals surface area contributed by atoms with E-state index in [-0.39, 0.29) is 19.1 Å². The van der Waals surface area contributed by atoms with Crippen LogP contribution in [0.5, 0.6) is 0 Å². The summed E-state index contributed by atoms with van der Waals surface area (Å²) in [6.07, 6.45) is 5.13. The zero-order valence-electron chi connectivity index (χ0n) is 12.9. The van der Waals surface area contributed by atoms with Crippen molar-refractivity contribution in [3.05, 3.63) is 60.7 Å². The van der Waals surface area contributed by atoms with E-state index < -0.39 is 5.54 Å². The van der Waals surface area contributed by atoms with E-state index in [1.807, 2.05) is 18.2 Å². The average molecular weight is 300 g/mol.